The molecule has 0 radical (unpaired) electrons. The highest BCUT2D eigenvalue weighted by Crippen LogP contribution is 2.51. The average Bonchev–Trinajstić information content (AvgIpc) is 3.25. The van der Waals surface area contributed by atoms with Gasteiger partial charge in [0, 0.05) is 12.3 Å². The Bertz CT molecular complexity index is 1290. The molecule has 2 amide bonds. The van der Waals surface area contributed by atoms with Crippen LogP contribution in [0.4, 0.5) is 46.9 Å². The van der Waals surface area contributed by atoms with Crippen LogP contribution in [0.25, 0.3) is 5.65 Å². The topological polar surface area (TPSA) is 75.4 Å². The Hall–Kier alpha value is -3.42. The van der Waals surface area contributed by atoms with Crippen molar-refractivity contribution in [2.75, 3.05) is 16.8 Å². The Morgan fingerprint density at radius 2 is 1.94 bits per heavy atom. The largest absolute Gasteiger partial charge is 0.436 e. The third-order valence-corrected chi connectivity index (χ3v) is 5.24. The summed E-state index contributed by atoms with van der Waals surface area (Å²) in [5, 5.41) is 5.48. The molecule has 0 aromatic carbocycles. The summed E-state index contributed by atoms with van der Waals surface area (Å²) in [5.74, 6) is -1.89. The highest BCUT2D eigenvalue weighted by molar-refractivity contribution is 6.29. The molecule has 0 unspecified atom stereocenters. The molecule has 1 aliphatic heterocycles. The maximum Gasteiger partial charge on any atom is 0.436 e. The van der Waals surface area contributed by atoms with Gasteiger partial charge in [0.15, 0.2) is 22.3 Å². The quantitative estimate of drug-likeness (QED) is 0.403. The summed E-state index contributed by atoms with van der Waals surface area (Å²) in [6, 6.07) is 0.584. The number of fused-ring (bicyclic) bond motifs is 3. The molecular weight excluding hydrogens is 485 g/mol. The Labute approximate surface area is 184 Å². The van der Waals surface area contributed by atoms with E-state index in [-0.39, 0.29) is 16.5 Å². The normalized spacial score (nSPS) is 18.5. The van der Waals surface area contributed by atoms with Gasteiger partial charge in [0.2, 0.25) is 0 Å². The van der Waals surface area contributed by atoms with E-state index in [1.807, 2.05) is 5.32 Å². The number of anilines is 2. The van der Waals surface area contributed by atoms with E-state index in [1.165, 1.54) is 6.07 Å². The number of halogens is 8. The minimum atomic E-state index is -5.16. The van der Waals surface area contributed by atoms with Gasteiger partial charge in [-0.15, -0.1) is 6.58 Å². The molecule has 0 aliphatic carbocycles. The standard InChI is InChI=1S/C18H10ClF7N6O/c1-2-16(18(24,25)26)7-31(9-6-28-11-5-10(19)30-32(11)14(9)16)15(33)29-8-3-4-27-13(12(8)20)17(21,22)23/h2-6H,1,7H2,(H,27,29,33)/t16-/m1/s1. The van der Waals surface area contributed by atoms with Crippen LogP contribution < -0.4 is 10.2 Å². The first-order valence-electron chi connectivity index (χ1n) is 8.85. The molecule has 0 saturated carbocycles. The molecule has 15 heteroatoms. The van der Waals surface area contributed by atoms with Gasteiger partial charge in [-0.25, -0.2) is 23.7 Å². The molecule has 33 heavy (non-hydrogen) atoms. The van der Waals surface area contributed by atoms with Gasteiger partial charge in [0.05, 0.1) is 29.8 Å². The summed E-state index contributed by atoms with van der Waals surface area (Å²) < 4.78 is 96.5. The summed E-state index contributed by atoms with van der Waals surface area (Å²) in [6.07, 6.45) is -8.02. The van der Waals surface area contributed by atoms with E-state index in [4.69, 9.17) is 11.6 Å². The molecule has 3 aromatic heterocycles. The molecule has 7 nitrogen and oxygen atoms in total. The first-order valence-corrected chi connectivity index (χ1v) is 9.23. The predicted molar refractivity (Wildman–Crippen MR) is 101 cm³/mol. The van der Waals surface area contributed by atoms with Gasteiger partial charge in [-0.2, -0.15) is 31.4 Å². The lowest BCUT2D eigenvalue weighted by molar-refractivity contribution is -0.172. The van der Waals surface area contributed by atoms with Crippen LogP contribution in [-0.2, 0) is 11.6 Å². The van der Waals surface area contributed by atoms with E-state index < -0.39 is 53.2 Å². The number of aromatic nitrogens is 4. The fourth-order valence-corrected chi connectivity index (χ4v) is 3.70. The van der Waals surface area contributed by atoms with Crippen molar-refractivity contribution in [1.29, 1.82) is 0 Å². The lowest BCUT2D eigenvalue weighted by Gasteiger charge is -2.29. The number of carbonyl (C=O) groups is 1. The summed E-state index contributed by atoms with van der Waals surface area (Å²) in [7, 11) is 0. The van der Waals surface area contributed by atoms with Crippen molar-refractivity contribution in [3.05, 3.63) is 59.5 Å². The predicted octanol–water partition coefficient (Wildman–Crippen LogP) is 4.97. The molecule has 1 aliphatic rings. The number of alkyl halides is 6. The van der Waals surface area contributed by atoms with Crippen molar-refractivity contribution >= 4 is 34.7 Å². The first-order chi connectivity index (χ1) is 15.3. The Morgan fingerprint density at radius 1 is 1.24 bits per heavy atom. The highest BCUT2D eigenvalue weighted by Gasteiger charge is 2.62. The van der Waals surface area contributed by atoms with Crippen LogP contribution in [0.15, 0.2) is 37.2 Å². The van der Waals surface area contributed by atoms with E-state index in [1.54, 1.807) is 0 Å². The molecule has 4 rings (SSSR count). The van der Waals surface area contributed by atoms with Crippen LogP contribution in [0.5, 0.6) is 0 Å². The van der Waals surface area contributed by atoms with Gasteiger partial charge < -0.3 is 5.32 Å². The SMILES string of the molecule is C=C[C@@]1(C(F)(F)F)CN(C(=O)Nc2ccnc(C(F)(F)F)c2F)c2cnc3cc(Cl)nn3c21. The first kappa shape index (κ1) is 22.8. The lowest BCUT2D eigenvalue weighted by atomic mass is 9.85. The number of pyridine rings is 1. The van der Waals surface area contributed by atoms with E-state index in [2.05, 4.69) is 21.6 Å². The van der Waals surface area contributed by atoms with Gasteiger partial charge in [-0.1, -0.05) is 17.7 Å². The Morgan fingerprint density at radius 3 is 2.55 bits per heavy atom. The molecule has 3 aromatic rings. The zero-order chi connectivity index (χ0) is 24.3. The minimum Gasteiger partial charge on any atom is -0.305 e. The zero-order valence-electron chi connectivity index (χ0n) is 16.0. The number of nitrogens with zero attached hydrogens (tertiary/aromatic N) is 5. The summed E-state index contributed by atoms with van der Waals surface area (Å²) in [5.41, 5.74) is -6.61. The monoisotopic (exact) mass is 494 g/mol. The molecule has 4 heterocycles. The number of hydrogen-bond donors (Lipinski definition) is 1. The fraction of sp³-hybridized carbons (Fsp3) is 0.222. The minimum absolute atomic E-state index is 0.0496. The van der Waals surface area contributed by atoms with Crippen LogP contribution in [0.2, 0.25) is 5.15 Å². The zero-order valence-corrected chi connectivity index (χ0v) is 16.7. The number of hydrogen-bond acceptors (Lipinski definition) is 4. The van der Waals surface area contributed by atoms with Crippen LogP contribution in [-0.4, -0.2) is 38.3 Å². The molecule has 0 saturated heterocycles. The van der Waals surface area contributed by atoms with Crippen LogP contribution in [0, 0.1) is 5.82 Å². The van der Waals surface area contributed by atoms with E-state index in [0.717, 1.165) is 16.8 Å². The van der Waals surface area contributed by atoms with E-state index in [0.29, 0.717) is 17.2 Å². The summed E-state index contributed by atoms with van der Waals surface area (Å²) in [6.45, 7) is 2.20. The average molecular weight is 495 g/mol. The highest BCUT2D eigenvalue weighted by atomic mass is 35.5. The summed E-state index contributed by atoms with van der Waals surface area (Å²) >= 11 is 5.80. The van der Waals surface area contributed by atoms with E-state index >= 15 is 0 Å². The molecule has 1 N–H and O–H groups in total. The molecule has 0 spiro atoms. The van der Waals surface area contributed by atoms with Crippen LogP contribution >= 0.6 is 11.6 Å². The van der Waals surface area contributed by atoms with Crippen LogP contribution in [0.1, 0.15) is 11.4 Å². The maximum atomic E-state index is 14.3. The Kier molecular flexibility index (Phi) is 5.03. The van der Waals surface area contributed by atoms with Crippen molar-refractivity contribution in [2.24, 2.45) is 0 Å². The summed E-state index contributed by atoms with van der Waals surface area (Å²) in [4.78, 5) is 20.2. The molecule has 0 bridgehead atoms. The number of urea groups is 1. The molecule has 174 valence electrons. The number of carbonyl (C=O) groups excluding carboxylic acids is 1. The van der Waals surface area contributed by atoms with Crippen molar-refractivity contribution in [2.45, 2.75) is 17.8 Å². The number of rotatable bonds is 2. The lowest BCUT2D eigenvalue weighted by Crippen LogP contribution is -2.47. The van der Waals surface area contributed by atoms with Crippen molar-refractivity contribution in [3.63, 3.8) is 0 Å². The fourth-order valence-electron chi connectivity index (χ4n) is 3.52. The van der Waals surface area contributed by atoms with Gasteiger partial charge >= 0.3 is 18.4 Å². The third kappa shape index (κ3) is 3.44. The van der Waals surface area contributed by atoms with E-state index in [9.17, 15) is 35.5 Å². The second-order valence-electron chi connectivity index (χ2n) is 6.94. The van der Waals surface area contributed by atoms with Crippen molar-refractivity contribution in [3.8, 4) is 0 Å². The van der Waals surface area contributed by atoms with Crippen molar-refractivity contribution in [1.82, 2.24) is 19.6 Å². The smallest absolute Gasteiger partial charge is 0.305 e. The molecular formula is C18H10ClF7N6O. The maximum absolute atomic E-state index is 14.3. The second-order valence-corrected chi connectivity index (χ2v) is 7.32. The second kappa shape index (κ2) is 7.30. The van der Waals surface area contributed by atoms with Gasteiger partial charge in [-0.05, 0) is 6.07 Å². The van der Waals surface area contributed by atoms with Crippen molar-refractivity contribution < 1.29 is 35.5 Å². The van der Waals surface area contributed by atoms with Crippen LogP contribution in [0.3, 0.4) is 0 Å². The molecule has 0 fully saturated rings. The molecule has 1 atom stereocenters. The number of amides is 2. The van der Waals surface area contributed by atoms with Gasteiger partial charge in [0.25, 0.3) is 0 Å². The van der Waals surface area contributed by atoms with Gasteiger partial charge in [-0.3, -0.25) is 4.90 Å². The van der Waals surface area contributed by atoms with Gasteiger partial charge in [0.1, 0.15) is 5.41 Å². The third-order valence-electron chi connectivity index (χ3n) is 5.05. The Balaban J connectivity index is 1.82. The number of nitrogens with one attached hydrogen (secondary N) is 1.